The predicted octanol–water partition coefficient (Wildman–Crippen LogP) is 2.43. The van der Waals surface area contributed by atoms with E-state index in [-0.39, 0.29) is 17.8 Å². The van der Waals surface area contributed by atoms with E-state index in [4.69, 9.17) is 14.2 Å². The van der Waals surface area contributed by atoms with Crippen LogP contribution in [0.5, 0.6) is 5.75 Å². The number of esters is 1. The van der Waals surface area contributed by atoms with Crippen molar-refractivity contribution in [2.45, 2.75) is 44.3 Å². The number of hydrogen-bond donors (Lipinski definition) is 1. The van der Waals surface area contributed by atoms with Crippen LogP contribution in [0.15, 0.2) is 18.2 Å². The first-order valence-electron chi connectivity index (χ1n) is 8.65. The number of nitrogens with zero attached hydrogens (tertiary/aromatic N) is 1. The number of nitro groups is 1. The van der Waals surface area contributed by atoms with E-state index in [1.54, 1.807) is 0 Å². The largest absolute Gasteiger partial charge is 0.495 e. The van der Waals surface area contributed by atoms with Crippen LogP contribution in [-0.2, 0) is 19.1 Å². The minimum atomic E-state index is -0.934. The van der Waals surface area contributed by atoms with E-state index >= 15 is 0 Å². The number of nitro benzene ring substituents is 1. The van der Waals surface area contributed by atoms with Crippen LogP contribution in [0.3, 0.4) is 0 Å². The Labute approximate surface area is 156 Å². The van der Waals surface area contributed by atoms with E-state index in [2.05, 4.69) is 5.32 Å². The van der Waals surface area contributed by atoms with Crippen LogP contribution in [0.25, 0.3) is 0 Å². The number of amides is 1. The van der Waals surface area contributed by atoms with E-state index in [0.717, 1.165) is 0 Å². The molecule has 2 aliphatic heterocycles. The van der Waals surface area contributed by atoms with E-state index in [1.807, 2.05) is 13.8 Å². The van der Waals surface area contributed by atoms with Crippen LogP contribution in [0, 0.1) is 16.0 Å². The number of benzene rings is 1. The van der Waals surface area contributed by atoms with Gasteiger partial charge in [0.05, 0.1) is 42.3 Å². The van der Waals surface area contributed by atoms with Gasteiger partial charge in [0.2, 0.25) is 5.91 Å². The Morgan fingerprint density at radius 2 is 2.15 bits per heavy atom. The fraction of sp³-hybridized carbons (Fsp3) is 0.556. The molecule has 1 aromatic rings. The molecule has 27 heavy (non-hydrogen) atoms. The second-order valence-corrected chi connectivity index (χ2v) is 7.46. The van der Waals surface area contributed by atoms with Crippen LogP contribution < -0.4 is 10.1 Å². The van der Waals surface area contributed by atoms with Crippen molar-refractivity contribution >= 4 is 23.3 Å². The van der Waals surface area contributed by atoms with Gasteiger partial charge in [-0.2, -0.15) is 0 Å². The smallest absolute Gasteiger partial charge is 0.307 e. The molecule has 0 bridgehead atoms. The fourth-order valence-electron chi connectivity index (χ4n) is 3.90. The lowest BCUT2D eigenvalue weighted by atomic mass is 9.75. The maximum atomic E-state index is 13.0. The molecule has 0 aliphatic carbocycles. The molecule has 0 aromatic heterocycles. The second-order valence-electron chi connectivity index (χ2n) is 7.46. The average molecular weight is 378 g/mol. The summed E-state index contributed by atoms with van der Waals surface area (Å²) < 4.78 is 16.5. The summed E-state index contributed by atoms with van der Waals surface area (Å²) in [5, 5.41) is 13.7. The molecule has 0 saturated carbocycles. The Bertz CT molecular complexity index is 792. The summed E-state index contributed by atoms with van der Waals surface area (Å²) in [6, 6.07) is 3.94. The topological polar surface area (TPSA) is 117 Å². The first-order valence-corrected chi connectivity index (χ1v) is 8.65. The van der Waals surface area contributed by atoms with E-state index < -0.39 is 33.9 Å². The summed E-state index contributed by atoms with van der Waals surface area (Å²) in [7, 11) is 1.40. The SMILES string of the molecule is COc1ccc([N+](=O)[O-])cc1NC(=O)[C@H]1CC(=O)O[C@]12CCOC(C)(C)C2. The number of hydrogen-bond acceptors (Lipinski definition) is 7. The van der Waals surface area contributed by atoms with Gasteiger partial charge in [0.1, 0.15) is 11.4 Å². The molecule has 2 atom stereocenters. The Morgan fingerprint density at radius 3 is 2.78 bits per heavy atom. The molecule has 1 aromatic carbocycles. The van der Waals surface area contributed by atoms with Crippen molar-refractivity contribution in [3.63, 3.8) is 0 Å². The molecule has 3 rings (SSSR count). The first kappa shape index (κ1) is 19.1. The second kappa shape index (κ2) is 6.80. The van der Waals surface area contributed by atoms with Crippen LogP contribution in [0.4, 0.5) is 11.4 Å². The van der Waals surface area contributed by atoms with Crippen LogP contribution in [-0.4, -0.2) is 41.7 Å². The number of nitrogens with one attached hydrogen (secondary N) is 1. The molecule has 1 amide bonds. The lowest BCUT2D eigenvalue weighted by Gasteiger charge is -2.43. The summed E-state index contributed by atoms with van der Waals surface area (Å²) >= 11 is 0. The van der Waals surface area contributed by atoms with Gasteiger partial charge in [-0.05, 0) is 19.9 Å². The summed E-state index contributed by atoms with van der Waals surface area (Å²) in [6.07, 6.45) is 0.779. The fourth-order valence-corrected chi connectivity index (χ4v) is 3.90. The zero-order chi connectivity index (χ0) is 19.8. The number of carbonyl (C=O) groups excluding carboxylic acids is 2. The van der Waals surface area contributed by atoms with Crippen LogP contribution in [0.1, 0.15) is 33.1 Å². The monoisotopic (exact) mass is 378 g/mol. The Hall–Kier alpha value is -2.68. The molecule has 2 aliphatic rings. The highest BCUT2D eigenvalue weighted by atomic mass is 16.6. The Kier molecular flexibility index (Phi) is 4.81. The summed E-state index contributed by atoms with van der Waals surface area (Å²) in [5.41, 5.74) is -1.45. The number of methoxy groups -OCH3 is 1. The van der Waals surface area contributed by atoms with Crippen molar-refractivity contribution in [3.05, 3.63) is 28.3 Å². The van der Waals surface area contributed by atoms with Gasteiger partial charge in [-0.25, -0.2) is 0 Å². The Balaban J connectivity index is 1.88. The van der Waals surface area contributed by atoms with Gasteiger partial charge in [-0.1, -0.05) is 0 Å². The molecule has 2 saturated heterocycles. The predicted molar refractivity (Wildman–Crippen MR) is 94.5 cm³/mol. The molecular weight excluding hydrogens is 356 g/mol. The maximum Gasteiger partial charge on any atom is 0.307 e. The number of non-ortho nitro benzene ring substituents is 1. The molecule has 1 N–H and O–H groups in total. The number of rotatable bonds is 4. The number of anilines is 1. The highest BCUT2D eigenvalue weighted by Gasteiger charge is 2.56. The van der Waals surface area contributed by atoms with Gasteiger partial charge in [0.15, 0.2) is 0 Å². The minimum absolute atomic E-state index is 0.0425. The third-order valence-electron chi connectivity index (χ3n) is 5.03. The molecule has 9 nitrogen and oxygen atoms in total. The zero-order valence-electron chi connectivity index (χ0n) is 15.4. The first-order chi connectivity index (χ1) is 12.7. The Morgan fingerprint density at radius 1 is 1.41 bits per heavy atom. The zero-order valence-corrected chi connectivity index (χ0v) is 15.4. The highest BCUT2D eigenvalue weighted by molar-refractivity contribution is 5.98. The third-order valence-corrected chi connectivity index (χ3v) is 5.03. The van der Waals surface area contributed by atoms with Crippen LogP contribution in [0.2, 0.25) is 0 Å². The standard InChI is InChI=1S/C18H22N2O7/c1-17(2)10-18(6-7-26-17)12(9-15(21)27-18)16(22)19-13-8-11(20(23)24)4-5-14(13)25-3/h4-5,8,12H,6-7,9-10H2,1-3H3,(H,19,22)/t12-,18+/m1/s1. The number of carbonyl (C=O) groups is 2. The molecule has 0 radical (unpaired) electrons. The normalized spacial score (nSPS) is 26.5. The van der Waals surface area contributed by atoms with Crippen molar-refractivity contribution < 1.29 is 28.7 Å². The average Bonchev–Trinajstić information content (AvgIpc) is 2.88. The number of ether oxygens (including phenoxy) is 3. The molecule has 1 spiro atoms. The molecule has 146 valence electrons. The maximum absolute atomic E-state index is 13.0. The van der Waals surface area contributed by atoms with E-state index in [9.17, 15) is 19.7 Å². The summed E-state index contributed by atoms with van der Waals surface area (Å²) in [4.78, 5) is 35.5. The van der Waals surface area contributed by atoms with Gasteiger partial charge in [0, 0.05) is 25.0 Å². The van der Waals surface area contributed by atoms with E-state index in [0.29, 0.717) is 25.2 Å². The van der Waals surface area contributed by atoms with Crippen molar-refractivity contribution in [1.82, 2.24) is 0 Å². The summed E-state index contributed by atoms with van der Waals surface area (Å²) in [6.45, 7) is 4.15. The van der Waals surface area contributed by atoms with Crippen molar-refractivity contribution in [2.24, 2.45) is 5.92 Å². The van der Waals surface area contributed by atoms with Crippen LogP contribution >= 0.6 is 0 Å². The lowest BCUT2D eigenvalue weighted by molar-refractivity contribution is -0.384. The van der Waals surface area contributed by atoms with Gasteiger partial charge in [-0.15, -0.1) is 0 Å². The van der Waals surface area contributed by atoms with Gasteiger partial charge >= 0.3 is 5.97 Å². The van der Waals surface area contributed by atoms with Gasteiger partial charge in [-0.3, -0.25) is 19.7 Å². The minimum Gasteiger partial charge on any atom is -0.495 e. The molecule has 9 heteroatoms. The third kappa shape index (κ3) is 3.73. The lowest BCUT2D eigenvalue weighted by Crippen LogP contribution is -2.52. The van der Waals surface area contributed by atoms with Crippen molar-refractivity contribution in [2.75, 3.05) is 19.0 Å². The van der Waals surface area contributed by atoms with Gasteiger partial charge < -0.3 is 19.5 Å². The van der Waals surface area contributed by atoms with E-state index in [1.165, 1.54) is 25.3 Å². The molecule has 2 fully saturated rings. The molecule has 2 heterocycles. The quantitative estimate of drug-likeness (QED) is 0.486. The molecular formula is C18H22N2O7. The summed E-state index contributed by atoms with van der Waals surface area (Å²) in [5.74, 6) is -1.28. The van der Waals surface area contributed by atoms with Gasteiger partial charge in [0.25, 0.3) is 5.69 Å². The van der Waals surface area contributed by atoms with Crippen molar-refractivity contribution in [1.29, 1.82) is 0 Å². The highest BCUT2D eigenvalue weighted by Crippen LogP contribution is 2.46. The molecule has 0 unspecified atom stereocenters. The van der Waals surface area contributed by atoms with Crippen molar-refractivity contribution in [3.8, 4) is 5.75 Å².